The van der Waals surface area contributed by atoms with Crippen LogP contribution in [0.1, 0.15) is 23.6 Å². The SMILES string of the molecule is NC(C(=O)N1CCC(Nc2ccc3[nH]ncc3c2)C1)c1ccc(C(F)(F)F)cc1. The van der Waals surface area contributed by atoms with Gasteiger partial charge in [0.2, 0.25) is 5.91 Å². The zero-order valence-corrected chi connectivity index (χ0v) is 15.4. The Hall–Kier alpha value is -3.07. The van der Waals surface area contributed by atoms with Crippen LogP contribution in [0.4, 0.5) is 18.9 Å². The Balaban J connectivity index is 1.38. The zero-order valence-electron chi connectivity index (χ0n) is 15.4. The van der Waals surface area contributed by atoms with Gasteiger partial charge in [-0.2, -0.15) is 18.3 Å². The predicted octanol–water partition coefficient (Wildman–Crippen LogP) is 3.29. The van der Waals surface area contributed by atoms with E-state index < -0.39 is 17.8 Å². The van der Waals surface area contributed by atoms with Crippen molar-refractivity contribution in [3.8, 4) is 0 Å². The number of hydrogen-bond donors (Lipinski definition) is 3. The summed E-state index contributed by atoms with van der Waals surface area (Å²) in [6.07, 6.45) is -1.91. The first-order valence-corrected chi connectivity index (χ1v) is 9.22. The van der Waals surface area contributed by atoms with E-state index in [0.717, 1.165) is 35.1 Å². The highest BCUT2D eigenvalue weighted by Crippen LogP contribution is 2.30. The average molecular weight is 403 g/mol. The van der Waals surface area contributed by atoms with Gasteiger partial charge in [-0.1, -0.05) is 12.1 Å². The summed E-state index contributed by atoms with van der Waals surface area (Å²) in [4.78, 5) is 14.4. The van der Waals surface area contributed by atoms with E-state index in [1.807, 2.05) is 18.2 Å². The fraction of sp³-hybridized carbons (Fsp3) is 0.300. The molecule has 1 fully saturated rings. The minimum absolute atomic E-state index is 0.0723. The highest BCUT2D eigenvalue weighted by molar-refractivity contribution is 5.84. The normalized spacial score (nSPS) is 18.2. The second kappa shape index (κ2) is 7.40. The number of aromatic nitrogens is 2. The number of alkyl halides is 3. The molecule has 2 atom stereocenters. The van der Waals surface area contributed by atoms with E-state index in [4.69, 9.17) is 5.73 Å². The highest BCUT2D eigenvalue weighted by Gasteiger charge is 2.32. The number of nitrogens with two attached hydrogens (primary N) is 1. The van der Waals surface area contributed by atoms with Crippen LogP contribution in [0.15, 0.2) is 48.7 Å². The number of hydrogen-bond acceptors (Lipinski definition) is 4. The maximum Gasteiger partial charge on any atom is 0.416 e. The number of carbonyl (C=O) groups is 1. The van der Waals surface area contributed by atoms with E-state index in [2.05, 4.69) is 15.5 Å². The molecule has 0 radical (unpaired) electrons. The first kappa shape index (κ1) is 19.3. The number of nitrogens with one attached hydrogen (secondary N) is 2. The van der Waals surface area contributed by atoms with E-state index >= 15 is 0 Å². The van der Waals surface area contributed by atoms with Crippen LogP contribution in [0.5, 0.6) is 0 Å². The van der Waals surface area contributed by atoms with E-state index in [1.165, 1.54) is 12.1 Å². The quantitative estimate of drug-likeness (QED) is 0.624. The molecule has 2 heterocycles. The van der Waals surface area contributed by atoms with Crippen LogP contribution in [-0.4, -0.2) is 40.1 Å². The second-order valence-corrected chi connectivity index (χ2v) is 7.18. The van der Waals surface area contributed by atoms with Crippen molar-refractivity contribution in [2.75, 3.05) is 18.4 Å². The first-order valence-electron chi connectivity index (χ1n) is 9.22. The lowest BCUT2D eigenvalue weighted by Gasteiger charge is -2.22. The van der Waals surface area contributed by atoms with E-state index in [0.29, 0.717) is 18.7 Å². The molecule has 6 nitrogen and oxygen atoms in total. The molecule has 4 rings (SSSR count). The molecule has 9 heteroatoms. The third-order valence-electron chi connectivity index (χ3n) is 5.17. The average Bonchev–Trinajstić information content (AvgIpc) is 3.35. The summed E-state index contributed by atoms with van der Waals surface area (Å²) in [6, 6.07) is 9.36. The van der Waals surface area contributed by atoms with Crippen molar-refractivity contribution in [1.82, 2.24) is 15.1 Å². The lowest BCUT2D eigenvalue weighted by molar-refractivity contribution is -0.137. The summed E-state index contributed by atoms with van der Waals surface area (Å²) in [6.45, 7) is 1.02. The lowest BCUT2D eigenvalue weighted by atomic mass is 10.0. The molecule has 2 aromatic carbocycles. The summed E-state index contributed by atoms with van der Waals surface area (Å²) in [5.41, 5.74) is 7.51. The molecular weight excluding hydrogens is 383 g/mol. The molecule has 4 N–H and O–H groups in total. The Morgan fingerprint density at radius 3 is 2.72 bits per heavy atom. The molecule has 1 aliphatic rings. The smallest absolute Gasteiger partial charge is 0.380 e. The number of rotatable bonds is 4. The van der Waals surface area contributed by atoms with Crippen molar-refractivity contribution < 1.29 is 18.0 Å². The second-order valence-electron chi connectivity index (χ2n) is 7.18. The molecule has 3 aromatic rings. The van der Waals surface area contributed by atoms with Crippen LogP contribution in [0, 0.1) is 0 Å². The van der Waals surface area contributed by atoms with Gasteiger partial charge in [0, 0.05) is 30.2 Å². The third kappa shape index (κ3) is 4.04. The Kier molecular flexibility index (Phi) is 4.91. The van der Waals surface area contributed by atoms with E-state index in [9.17, 15) is 18.0 Å². The molecule has 0 saturated carbocycles. The van der Waals surface area contributed by atoms with Crippen molar-refractivity contribution in [3.05, 3.63) is 59.8 Å². The van der Waals surface area contributed by atoms with Crippen LogP contribution >= 0.6 is 0 Å². The molecule has 0 bridgehead atoms. The summed E-state index contributed by atoms with van der Waals surface area (Å²) in [5, 5.41) is 11.3. The minimum Gasteiger partial charge on any atom is -0.380 e. The molecule has 0 spiro atoms. The van der Waals surface area contributed by atoms with Crippen LogP contribution in [0.3, 0.4) is 0 Å². The number of halogens is 3. The van der Waals surface area contributed by atoms with Crippen LogP contribution in [0.2, 0.25) is 0 Å². The van der Waals surface area contributed by atoms with Crippen molar-refractivity contribution in [1.29, 1.82) is 0 Å². The zero-order chi connectivity index (χ0) is 20.6. The van der Waals surface area contributed by atoms with Gasteiger partial charge in [-0.15, -0.1) is 0 Å². The third-order valence-corrected chi connectivity index (χ3v) is 5.17. The van der Waals surface area contributed by atoms with Crippen molar-refractivity contribution in [2.45, 2.75) is 24.7 Å². The van der Waals surface area contributed by atoms with Gasteiger partial charge in [0.1, 0.15) is 6.04 Å². The van der Waals surface area contributed by atoms with Gasteiger partial charge in [0.05, 0.1) is 17.3 Å². The van der Waals surface area contributed by atoms with Crippen molar-refractivity contribution in [3.63, 3.8) is 0 Å². The standard InChI is InChI=1S/C20H20F3N5O/c21-20(22,23)14-3-1-12(2-4-14)18(24)19(29)28-8-7-16(11-28)26-15-5-6-17-13(9-15)10-25-27-17/h1-6,9-10,16,18,26H,7-8,11,24H2,(H,25,27). The first-order chi connectivity index (χ1) is 13.8. The van der Waals surface area contributed by atoms with Gasteiger partial charge in [0.15, 0.2) is 0 Å². The summed E-state index contributed by atoms with van der Waals surface area (Å²) in [7, 11) is 0. The van der Waals surface area contributed by atoms with Gasteiger partial charge in [-0.05, 0) is 42.3 Å². The topological polar surface area (TPSA) is 87.0 Å². The summed E-state index contributed by atoms with van der Waals surface area (Å²) in [5.74, 6) is -0.292. The maximum absolute atomic E-state index is 12.7. The van der Waals surface area contributed by atoms with Crippen LogP contribution < -0.4 is 11.1 Å². The van der Waals surface area contributed by atoms with Gasteiger partial charge in [-0.3, -0.25) is 9.89 Å². The molecule has 29 heavy (non-hydrogen) atoms. The van der Waals surface area contributed by atoms with Gasteiger partial charge < -0.3 is 16.0 Å². The highest BCUT2D eigenvalue weighted by atomic mass is 19.4. The molecule has 1 amide bonds. The fourth-order valence-corrected chi connectivity index (χ4v) is 3.57. The van der Waals surface area contributed by atoms with Gasteiger partial charge in [0.25, 0.3) is 0 Å². The van der Waals surface area contributed by atoms with Crippen molar-refractivity contribution in [2.24, 2.45) is 5.73 Å². The van der Waals surface area contributed by atoms with Crippen LogP contribution in [0.25, 0.3) is 10.9 Å². The molecule has 1 saturated heterocycles. The molecular formula is C20H20F3N5O. The Labute approximate surface area is 164 Å². The van der Waals surface area contributed by atoms with E-state index in [1.54, 1.807) is 11.1 Å². The van der Waals surface area contributed by atoms with Crippen molar-refractivity contribution >= 4 is 22.5 Å². The number of H-pyrrole nitrogens is 1. The number of nitrogens with zero attached hydrogens (tertiary/aromatic N) is 2. The minimum atomic E-state index is -4.42. The molecule has 0 aliphatic carbocycles. The van der Waals surface area contributed by atoms with E-state index in [-0.39, 0.29) is 11.9 Å². The number of amides is 1. The Bertz CT molecular complexity index is 1010. The fourth-order valence-electron chi connectivity index (χ4n) is 3.57. The van der Waals surface area contributed by atoms with Gasteiger partial charge >= 0.3 is 6.18 Å². The summed E-state index contributed by atoms with van der Waals surface area (Å²) < 4.78 is 38.1. The largest absolute Gasteiger partial charge is 0.416 e. The predicted molar refractivity (Wildman–Crippen MR) is 103 cm³/mol. The molecule has 1 aromatic heterocycles. The lowest BCUT2D eigenvalue weighted by Crippen LogP contribution is -2.38. The number of benzene rings is 2. The summed E-state index contributed by atoms with van der Waals surface area (Å²) >= 11 is 0. The number of anilines is 1. The molecule has 2 unspecified atom stereocenters. The molecule has 1 aliphatic heterocycles. The number of fused-ring (bicyclic) bond motifs is 1. The maximum atomic E-state index is 12.7. The Morgan fingerprint density at radius 1 is 1.24 bits per heavy atom. The number of aromatic amines is 1. The number of likely N-dealkylation sites (tertiary alicyclic amines) is 1. The molecule has 152 valence electrons. The monoisotopic (exact) mass is 403 g/mol. The number of carbonyl (C=O) groups excluding carboxylic acids is 1. The Morgan fingerprint density at radius 2 is 2.00 bits per heavy atom. The van der Waals surface area contributed by atoms with Crippen LogP contribution in [-0.2, 0) is 11.0 Å². The van der Waals surface area contributed by atoms with Gasteiger partial charge in [-0.25, -0.2) is 0 Å².